The minimum Gasteiger partial charge on any atom is -0.475 e. The first-order chi connectivity index (χ1) is 16.2. The predicted octanol–water partition coefficient (Wildman–Crippen LogP) is 7.53. The Balaban J connectivity index is 0.00000149. The van der Waals surface area contributed by atoms with Gasteiger partial charge in [0, 0.05) is 35.0 Å². The van der Waals surface area contributed by atoms with Crippen molar-refractivity contribution in [1.82, 2.24) is 9.88 Å². The van der Waals surface area contributed by atoms with Gasteiger partial charge in [0.15, 0.2) is 5.76 Å². The van der Waals surface area contributed by atoms with E-state index in [1.165, 1.54) is 16.0 Å². The molecule has 1 aromatic heterocycles. The van der Waals surface area contributed by atoms with Crippen LogP contribution in [0.3, 0.4) is 0 Å². The number of hydrogen-bond acceptors (Lipinski definition) is 4. The van der Waals surface area contributed by atoms with Crippen molar-refractivity contribution in [2.45, 2.75) is 38.6 Å². The van der Waals surface area contributed by atoms with Crippen LogP contribution in [0.25, 0.3) is 5.76 Å². The molecule has 33 heavy (non-hydrogen) atoms. The number of hydrogen-bond donors (Lipinski definition) is 0. The molecule has 2 aromatic carbocycles. The van der Waals surface area contributed by atoms with Gasteiger partial charge in [-0.1, -0.05) is 80.6 Å². The SMILES string of the molecule is CC.Cc1cccnc1C1=C(/C=C/CSc2ccccc2)CN(C(C)c2ccccc2)CO1. The predicted molar refractivity (Wildman–Crippen MR) is 141 cm³/mol. The van der Waals surface area contributed by atoms with Crippen LogP contribution >= 0.6 is 11.8 Å². The highest BCUT2D eigenvalue weighted by Crippen LogP contribution is 2.31. The first-order valence-electron chi connectivity index (χ1n) is 11.6. The monoisotopic (exact) mass is 458 g/mol. The molecular weight excluding hydrogens is 424 g/mol. The maximum absolute atomic E-state index is 6.31. The summed E-state index contributed by atoms with van der Waals surface area (Å²) in [6.07, 6.45) is 6.28. The fourth-order valence-electron chi connectivity index (χ4n) is 3.69. The van der Waals surface area contributed by atoms with E-state index in [4.69, 9.17) is 4.74 Å². The second-order valence-electron chi connectivity index (χ2n) is 7.66. The summed E-state index contributed by atoms with van der Waals surface area (Å²) in [4.78, 5) is 8.26. The third-order valence-electron chi connectivity index (χ3n) is 5.50. The Hall–Kier alpha value is -2.82. The summed E-state index contributed by atoms with van der Waals surface area (Å²) >= 11 is 1.83. The fraction of sp³-hybridized carbons (Fsp3) is 0.276. The maximum Gasteiger partial charge on any atom is 0.151 e. The summed E-state index contributed by atoms with van der Waals surface area (Å²) in [7, 11) is 0. The molecule has 1 aliphatic rings. The van der Waals surface area contributed by atoms with Crippen LogP contribution in [0.15, 0.2) is 102 Å². The Morgan fingerprint density at radius 1 is 1.00 bits per heavy atom. The quantitative estimate of drug-likeness (QED) is 0.342. The van der Waals surface area contributed by atoms with Crippen molar-refractivity contribution in [3.8, 4) is 0 Å². The van der Waals surface area contributed by atoms with Crippen LogP contribution < -0.4 is 0 Å². The van der Waals surface area contributed by atoms with E-state index in [2.05, 4.69) is 96.5 Å². The van der Waals surface area contributed by atoms with Crippen LogP contribution in [-0.4, -0.2) is 28.9 Å². The molecule has 3 nitrogen and oxygen atoms in total. The van der Waals surface area contributed by atoms with Crippen LogP contribution in [0.5, 0.6) is 0 Å². The number of benzene rings is 2. The number of rotatable bonds is 7. The van der Waals surface area contributed by atoms with Gasteiger partial charge in [-0.25, -0.2) is 0 Å². The highest BCUT2D eigenvalue weighted by Gasteiger charge is 2.25. The zero-order valence-electron chi connectivity index (χ0n) is 20.1. The summed E-state index contributed by atoms with van der Waals surface area (Å²) < 4.78 is 6.31. The van der Waals surface area contributed by atoms with Crippen LogP contribution in [0, 0.1) is 6.92 Å². The number of aromatic nitrogens is 1. The lowest BCUT2D eigenvalue weighted by atomic mass is 10.0. The number of nitrogens with zero attached hydrogens (tertiary/aromatic N) is 2. The highest BCUT2D eigenvalue weighted by molar-refractivity contribution is 7.99. The van der Waals surface area contributed by atoms with E-state index < -0.39 is 0 Å². The molecular formula is C29H34N2OS. The van der Waals surface area contributed by atoms with Crippen LogP contribution in [0.2, 0.25) is 0 Å². The van der Waals surface area contributed by atoms with Gasteiger partial charge < -0.3 is 4.74 Å². The molecule has 0 radical (unpaired) electrons. The molecule has 1 atom stereocenters. The molecule has 2 heterocycles. The number of pyridine rings is 1. The van der Waals surface area contributed by atoms with Crippen LogP contribution in [0.1, 0.15) is 43.6 Å². The van der Waals surface area contributed by atoms with Gasteiger partial charge in [0.25, 0.3) is 0 Å². The fourth-order valence-corrected chi connectivity index (χ4v) is 4.43. The standard InChI is InChI=1S/C27H28N2OS.C2H6/c1-21-11-9-17-28-26(21)27-24(14-10-18-31-25-15-7-4-8-16-25)19-29(20-30-27)22(2)23-12-5-3-6-13-23;1-2/h3-17,22H,18-20H2,1-2H3;1-2H3/b14-10+;. The molecule has 0 aliphatic carbocycles. The Morgan fingerprint density at radius 3 is 2.39 bits per heavy atom. The van der Waals surface area contributed by atoms with Crippen molar-refractivity contribution < 1.29 is 4.74 Å². The summed E-state index contributed by atoms with van der Waals surface area (Å²) in [5.41, 5.74) is 4.53. The summed E-state index contributed by atoms with van der Waals surface area (Å²) in [5.74, 6) is 1.81. The molecule has 0 saturated carbocycles. The first-order valence-corrected chi connectivity index (χ1v) is 12.6. The normalized spacial score (nSPS) is 15.0. The van der Waals surface area contributed by atoms with Crippen molar-refractivity contribution in [2.24, 2.45) is 0 Å². The Bertz CT molecular complexity index is 1050. The van der Waals surface area contributed by atoms with Crippen molar-refractivity contribution in [2.75, 3.05) is 19.0 Å². The summed E-state index contributed by atoms with van der Waals surface area (Å²) in [6.45, 7) is 9.71. The lowest BCUT2D eigenvalue weighted by molar-refractivity contribution is 0.0649. The molecule has 0 amide bonds. The summed E-state index contributed by atoms with van der Waals surface area (Å²) in [6, 6.07) is 25.4. The zero-order valence-corrected chi connectivity index (χ0v) is 20.9. The van der Waals surface area contributed by atoms with Crippen molar-refractivity contribution in [1.29, 1.82) is 0 Å². The number of aryl methyl sites for hydroxylation is 1. The minimum atomic E-state index is 0.273. The lowest BCUT2D eigenvalue weighted by Gasteiger charge is -2.34. The average Bonchev–Trinajstić information content (AvgIpc) is 2.89. The van der Waals surface area contributed by atoms with Gasteiger partial charge in [0.2, 0.25) is 0 Å². The van der Waals surface area contributed by atoms with Crippen LogP contribution in [-0.2, 0) is 4.74 Å². The molecule has 4 rings (SSSR count). The molecule has 172 valence electrons. The van der Waals surface area contributed by atoms with E-state index in [1.54, 1.807) is 0 Å². The van der Waals surface area contributed by atoms with Crippen LogP contribution in [0.4, 0.5) is 0 Å². The topological polar surface area (TPSA) is 25.4 Å². The largest absolute Gasteiger partial charge is 0.475 e. The molecule has 0 saturated heterocycles. The molecule has 1 aliphatic heterocycles. The van der Waals surface area contributed by atoms with Crippen molar-refractivity contribution in [3.63, 3.8) is 0 Å². The maximum atomic E-state index is 6.31. The third kappa shape index (κ3) is 6.83. The van der Waals surface area contributed by atoms with E-state index in [0.29, 0.717) is 6.73 Å². The molecule has 4 heteroatoms. The van der Waals surface area contributed by atoms with Gasteiger partial charge in [-0.3, -0.25) is 9.88 Å². The second kappa shape index (κ2) is 13.0. The third-order valence-corrected chi connectivity index (χ3v) is 6.47. The van der Waals surface area contributed by atoms with Gasteiger partial charge in [0.05, 0.1) is 0 Å². The number of thioether (sulfide) groups is 1. The highest BCUT2D eigenvalue weighted by atomic mass is 32.2. The first kappa shape index (κ1) is 24.8. The zero-order chi connectivity index (χ0) is 23.5. The van der Waals surface area contributed by atoms with Crippen molar-refractivity contribution >= 4 is 17.5 Å². The average molecular weight is 459 g/mol. The smallest absolute Gasteiger partial charge is 0.151 e. The van der Waals surface area contributed by atoms with E-state index in [-0.39, 0.29) is 6.04 Å². The second-order valence-corrected chi connectivity index (χ2v) is 8.75. The van der Waals surface area contributed by atoms with Gasteiger partial charge in [-0.05, 0) is 43.2 Å². The van der Waals surface area contributed by atoms with Gasteiger partial charge in [-0.15, -0.1) is 11.8 Å². The molecule has 0 spiro atoms. The van der Waals surface area contributed by atoms with E-state index >= 15 is 0 Å². The minimum absolute atomic E-state index is 0.273. The Kier molecular flexibility index (Phi) is 9.79. The van der Waals surface area contributed by atoms with Gasteiger partial charge in [0.1, 0.15) is 12.4 Å². The molecule has 0 fully saturated rings. The molecule has 0 N–H and O–H groups in total. The van der Waals surface area contributed by atoms with Gasteiger partial charge in [-0.2, -0.15) is 0 Å². The molecule has 1 unspecified atom stereocenters. The lowest BCUT2D eigenvalue weighted by Crippen LogP contribution is -2.35. The van der Waals surface area contributed by atoms with E-state index in [9.17, 15) is 0 Å². The molecule has 3 aromatic rings. The van der Waals surface area contributed by atoms with Crippen molar-refractivity contribution in [3.05, 3.63) is 114 Å². The Labute approximate surface area is 203 Å². The Morgan fingerprint density at radius 2 is 1.70 bits per heavy atom. The summed E-state index contributed by atoms with van der Waals surface area (Å²) in [5, 5.41) is 0. The van der Waals surface area contributed by atoms with E-state index in [1.807, 2.05) is 43.9 Å². The number of ether oxygens (including phenoxy) is 1. The molecule has 0 bridgehead atoms. The van der Waals surface area contributed by atoms with E-state index in [0.717, 1.165) is 29.3 Å². The van der Waals surface area contributed by atoms with Gasteiger partial charge >= 0.3 is 0 Å².